The fourth-order valence-electron chi connectivity index (χ4n) is 9.25. The highest BCUT2D eigenvalue weighted by Crippen LogP contribution is 2.66. The molecule has 3 aliphatic heterocycles. The van der Waals surface area contributed by atoms with E-state index in [9.17, 15) is 28.7 Å². The number of methoxy groups -OCH3 is 1. The number of hydrogen-bond donors (Lipinski definition) is 1. The number of amides is 4. The summed E-state index contributed by atoms with van der Waals surface area (Å²) in [7, 11) is 1.38. The Morgan fingerprint density at radius 2 is 1.63 bits per heavy atom. The van der Waals surface area contributed by atoms with Crippen molar-refractivity contribution in [1.29, 1.82) is 0 Å². The number of phenolic OH excluding ortho intramolecular Hbond substituents is 1. The second-order valence-electron chi connectivity index (χ2n) is 14.3. The van der Waals surface area contributed by atoms with Gasteiger partial charge in [-0.2, -0.15) is 0 Å². The molecule has 270 valence electrons. The number of aromatic hydroxyl groups is 1. The standard InChI is InChI=1S/C39H35BrCl2FN3O6/c1-52-30-18-22(17-29(40)33(30)47)32-26-11-12-27-31(35(49)45(34(27)48)25-13-15-44(16-14-25)20-21-5-3-2-4-6-21)28(26)19-38(41)36(50)46(37(51)39(32,38)42)24-9-7-23(43)8-10-24/h2-11,17-18,25,27-28,31-32,47H,12-16,19-20H2,1H3/t27-,28+,31-,32-,38+,39-/m0/s1. The molecule has 9 nitrogen and oxygen atoms in total. The summed E-state index contributed by atoms with van der Waals surface area (Å²) in [6, 6.07) is 17.9. The van der Waals surface area contributed by atoms with Crippen LogP contribution in [0.3, 0.4) is 0 Å². The van der Waals surface area contributed by atoms with Gasteiger partial charge >= 0.3 is 0 Å². The number of ether oxygens (including phenoxy) is 1. The zero-order valence-corrected chi connectivity index (χ0v) is 31.2. The molecule has 5 aliphatic rings. The van der Waals surface area contributed by atoms with E-state index in [1.807, 2.05) is 24.3 Å². The summed E-state index contributed by atoms with van der Waals surface area (Å²) in [6.45, 7) is 2.25. The first-order chi connectivity index (χ1) is 24.9. The van der Waals surface area contributed by atoms with Crippen molar-refractivity contribution in [1.82, 2.24) is 9.80 Å². The molecule has 2 aliphatic carbocycles. The van der Waals surface area contributed by atoms with E-state index in [0.717, 1.165) is 36.7 Å². The average molecular weight is 812 g/mol. The smallest absolute Gasteiger partial charge is 0.258 e. The summed E-state index contributed by atoms with van der Waals surface area (Å²) in [5.74, 6) is -6.04. The number of carbonyl (C=O) groups is 4. The van der Waals surface area contributed by atoms with E-state index in [4.69, 9.17) is 27.9 Å². The minimum atomic E-state index is -2.10. The molecule has 3 aromatic rings. The van der Waals surface area contributed by atoms with Gasteiger partial charge in [0.25, 0.3) is 11.8 Å². The number of alkyl halides is 2. The van der Waals surface area contributed by atoms with Gasteiger partial charge in [-0.1, -0.05) is 42.0 Å². The van der Waals surface area contributed by atoms with Gasteiger partial charge < -0.3 is 9.84 Å². The number of piperidine rings is 1. The van der Waals surface area contributed by atoms with Gasteiger partial charge in [-0.25, -0.2) is 9.29 Å². The number of phenols is 1. The van der Waals surface area contributed by atoms with Crippen LogP contribution in [0.25, 0.3) is 0 Å². The number of rotatable bonds is 6. The summed E-state index contributed by atoms with van der Waals surface area (Å²) < 4.78 is 19.7. The first kappa shape index (κ1) is 35.3. The average Bonchev–Trinajstić information content (AvgIpc) is 3.48. The topological polar surface area (TPSA) is 107 Å². The molecule has 0 aromatic heterocycles. The predicted molar refractivity (Wildman–Crippen MR) is 196 cm³/mol. The molecule has 1 N–H and O–H groups in total. The number of imide groups is 2. The molecule has 3 aromatic carbocycles. The number of hydrogen-bond acceptors (Lipinski definition) is 7. The first-order valence-corrected chi connectivity index (χ1v) is 18.9. The SMILES string of the molecule is COc1cc([C@H]2C3=CC[C@@H]4C(=O)N(C5CCN(Cc6ccccc6)CC5)C(=O)[C@@H]4[C@@H]3C[C@@]3(Cl)C(=O)N(c4ccc(F)cc4)C(=O)[C@@]23Cl)cc(Br)c1O. The minimum Gasteiger partial charge on any atom is -0.503 e. The van der Waals surface area contributed by atoms with Crippen LogP contribution < -0.4 is 9.64 Å². The molecule has 0 unspecified atom stereocenters. The van der Waals surface area contributed by atoms with E-state index in [0.29, 0.717) is 24.0 Å². The van der Waals surface area contributed by atoms with Crippen LogP contribution in [-0.4, -0.2) is 74.5 Å². The zero-order chi connectivity index (χ0) is 36.7. The van der Waals surface area contributed by atoms with Crippen LogP contribution in [0.1, 0.15) is 42.7 Å². The van der Waals surface area contributed by atoms with Crippen molar-refractivity contribution in [2.24, 2.45) is 17.8 Å². The molecule has 0 spiro atoms. The molecule has 0 bridgehead atoms. The van der Waals surface area contributed by atoms with Crippen LogP contribution in [0.2, 0.25) is 0 Å². The number of carbonyl (C=O) groups excluding carboxylic acids is 4. The lowest BCUT2D eigenvalue weighted by Gasteiger charge is -2.50. The van der Waals surface area contributed by atoms with Crippen molar-refractivity contribution in [3.8, 4) is 11.5 Å². The van der Waals surface area contributed by atoms with E-state index in [-0.39, 0.29) is 52.4 Å². The minimum absolute atomic E-state index is 0.0882. The highest BCUT2D eigenvalue weighted by molar-refractivity contribution is 9.10. The molecule has 52 heavy (non-hydrogen) atoms. The molecule has 1 saturated carbocycles. The molecule has 3 heterocycles. The number of likely N-dealkylation sites (tertiary alicyclic amines) is 2. The van der Waals surface area contributed by atoms with E-state index in [2.05, 4.69) is 33.0 Å². The summed E-state index contributed by atoms with van der Waals surface area (Å²) in [4.78, 5) is 58.4. The molecular weight excluding hydrogens is 776 g/mol. The zero-order valence-electron chi connectivity index (χ0n) is 28.1. The lowest BCUT2D eigenvalue weighted by molar-refractivity contribution is -0.144. The van der Waals surface area contributed by atoms with Crippen LogP contribution >= 0.6 is 39.1 Å². The molecule has 0 radical (unpaired) electrons. The normalized spacial score (nSPS) is 30.7. The van der Waals surface area contributed by atoms with Gasteiger partial charge in [0.15, 0.2) is 21.2 Å². The Morgan fingerprint density at radius 1 is 0.942 bits per heavy atom. The maximum Gasteiger partial charge on any atom is 0.258 e. The number of nitrogens with zero attached hydrogens (tertiary/aromatic N) is 3. The van der Waals surface area contributed by atoms with Gasteiger partial charge in [0.2, 0.25) is 11.8 Å². The number of fused-ring (bicyclic) bond motifs is 4. The number of anilines is 1. The fraction of sp³-hybridized carbons (Fsp3) is 0.385. The van der Waals surface area contributed by atoms with Gasteiger partial charge in [-0.15, -0.1) is 23.2 Å². The van der Waals surface area contributed by atoms with Gasteiger partial charge in [0.1, 0.15) is 5.82 Å². The lowest BCUT2D eigenvalue weighted by Crippen LogP contribution is -2.60. The summed E-state index contributed by atoms with van der Waals surface area (Å²) in [5.41, 5.74) is 2.33. The van der Waals surface area contributed by atoms with Crippen molar-refractivity contribution < 1.29 is 33.4 Å². The highest BCUT2D eigenvalue weighted by Gasteiger charge is 2.76. The van der Waals surface area contributed by atoms with Crippen LogP contribution in [0, 0.1) is 23.6 Å². The maximum absolute atomic E-state index is 14.6. The first-order valence-electron chi connectivity index (χ1n) is 17.3. The van der Waals surface area contributed by atoms with Crippen molar-refractivity contribution >= 4 is 68.4 Å². The Kier molecular flexibility index (Phi) is 8.79. The molecule has 8 rings (SSSR count). The Labute approximate surface area is 318 Å². The monoisotopic (exact) mass is 809 g/mol. The van der Waals surface area contributed by atoms with Gasteiger partial charge in [-0.3, -0.25) is 29.0 Å². The van der Waals surface area contributed by atoms with E-state index >= 15 is 0 Å². The largest absolute Gasteiger partial charge is 0.503 e. The van der Waals surface area contributed by atoms with Crippen LogP contribution in [0.4, 0.5) is 10.1 Å². The molecule has 6 atom stereocenters. The Morgan fingerprint density at radius 3 is 2.31 bits per heavy atom. The summed E-state index contributed by atoms with van der Waals surface area (Å²) in [5, 5.41) is 10.7. The third-order valence-corrected chi connectivity index (χ3v) is 13.7. The fourth-order valence-corrected chi connectivity index (χ4v) is 10.6. The molecule has 13 heteroatoms. The molecule has 3 saturated heterocycles. The highest BCUT2D eigenvalue weighted by atomic mass is 79.9. The molecule has 4 fully saturated rings. The Bertz CT molecular complexity index is 2030. The van der Waals surface area contributed by atoms with Crippen LogP contribution in [0.15, 0.2) is 82.9 Å². The van der Waals surface area contributed by atoms with Crippen LogP contribution in [0.5, 0.6) is 11.5 Å². The van der Waals surface area contributed by atoms with Crippen molar-refractivity contribution in [2.75, 3.05) is 25.1 Å². The number of allylic oxidation sites excluding steroid dienone is 2. The summed E-state index contributed by atoms with van der Waals surface area (Å²) >= 11 is 18.3. The molecular formula is C39H35BrCl2FN3O6. The maximum atomic E-state index is 14.6. The third-order valence-electron chi connectivity index (χ3n) is 11.7. The summed E-state index contributed by atoms with van der Waals surface area (Å²) in [6.07, 6.45) is 3.22. The lowest BCUT2D eigenvalue weighted by atomic mass is 9.56. The van der Waals surface area contributed by atoms with Crippen molar-refractivity contribution in [3.05, 3.63) is 99.8 Å². The van der Waals surface area contributed by atoms with E-state index < -0.39 is 51.1 Å². The van der Waals surface area contributed by atoms with E-state index in [1.165, 1.54) is 35.8 Å². The predicted octanol–water partition coefficient (Wildman–Crippen LogP) is 6.53. The van der Waals surface area contributed by atoms with Gasteiger partial charge in [0, 0.05) is 31.6 Å². The quantitative estimate of drug-likeness (QED) is 0.172. The molecule has 4 amide bonds. The van der Waals surface area contributed by atoms with Gasteiger partial charge in [-0.05, 0) is 95.1 Å². The second-order valence-corrected chi connectivity index (χ2v) is 16.4. The van der Waals surface area contributed by atoms with E-state index in [1.54, 1.807) is 6.07 Å². The van der Waals surface area contributed by atoms with Crippen molar-refractivity contribution in [2.45, 2.75) is 53.9 Å². The van der Waals surface area contributed by atoms with Gasteiger partial charge in [0.05, 0.1) is 29.1 Å². The van der Waals surface area contributed by atoms with Crippen molar-refractivity contribution in [3.63, 3.8) is 0 Å². The Balaban J connectivity index is 1.17. The second kappa shape index (κ2) is 13.0. The number of halogens is 4. The van der Waals surface area contributed by atoms with Crippen LogP contribution in [-0.2, 0) is 25.7 Å². The third kappa shape index (κ3) is 5.17. The Hall–Kier alpha value is -3.77. The number of benzene rings is 3.